The Kier molecular flexibility index (Phi) is 3.16. The fourth-order valence-corrected chi connectivity index (χ4v) is 6.96. The largest absolute Gasteiger partial charge is 0.507 e. The fourth-order valence-electron chi connectivity index (χ4n) is 6.96. The lowest BCUT2D eigenvalue weighted by Gasteiger charge is -2.60. The summed E-state index contributed by atoms with van der Waals surface area (Å²) in [6, 6.07) is 3.93. The van der Waals surface area contributed by atoms with Crippen LogP contribution in [0.5, 0.6) is 11.5 Å². The van der Waals surface area contributed by atoms with Gasteiger partial charge in [-0.25, -0.2) is 0 Å². The van der Waals surface area contributed by atoms with Crippen molar-refractivity contribution in [3.05, 3.63) is 23.3 Å². The quantitative estimate of drug-likeness (QED) is 0.721. The van der Waals surface area contributed by atoms with E-state index < -0.39 is 0 Å². The summed E-state index contributed by atoms with van der Waals surface area (Å²) >= 11 is 0. The normalized spacial score (nSPS) is 43.6. The zero-order chi connectivity index (χ0) is 17.6. The van der Waals surface area contributed by atoms with Gasteiger partial charge < -0.3 is 14.6 Å². The predicted molar refractivity (Wildman–Crippen MR) is 96.8 cm³/mol. The van der Waals surface area contributed by atoms with Gasteiger partial charge in [0.1, 0.15) is 17.6 Å². The molecule has 0 radical (unpaired) electrons. The first-order valence-electron chi connectivity index (χ1n) is 9.95. The number of phenolic OH excluding ortho intramolecular Hbond substituents is 1. The third kappa shape index (κ3) is 1.96. The van der Waals surface area contributed by atoms with Gasteiger partial charge in [0.05, 0.1) is 18.3 Å². The summed E-state index contributed by atoms with van der Waals surface area (Å²) in [5.41, 5.74) is 2.53. The van der Waals surface area contributed by atoms with Gasteiger partial charge in [-0.05, 0) is 61.1 Å². The zero-order valence-electron chi connectivity index (χ0n) is 15.8. The first-order valence-corrected chi connectivity index (χ1v) is 9.95. The van der Waals surface area contributed by atoms with Crippen LogP contribution >= 0.6 is 0 Å². The molecule has 3 fully saturated rings. The maximum atomic E-state index is 10.6. The lowest BCUT2D eigenvalue weighted by molar-refractivity contribution is -0.135. The highest BCUT2D eigenvalue weighted by molar-refractivity contribution is 5.51. The summed E-state index contributed by atoms with van der Waals surface area (Å²) in [7, 11) is 0. The maximum Gasteiger partial charge on any atom is 0.129 e. The lowest BCUT2D eigenvalue weighted by Crippen LogP contribution is -2.59. The minimum absolute atomic E-state index is 0.00602. The van der Waals surface area contributed by atoms with E-state index in [0.29, 0.717) is 28.9 Å². The molecular weight excluding hydrogens is 312 g/mol. The molecule has 0 bridgehead atoms. The lowest BCUT2D eigenvalue weighted by atomic mass is 9.45. The van der Waals surface area contributed by atoms with Crippen molar-refractivity contribution in [3.63, 3.8) is 0 Å². The average Bonchev–Trinajstić information content (AvgIpc) is 2.89. The van der Waals surface area contributed by atoms with E-state index in [-0.39, 0.29) is 17.6 Å². The van der Waals surface area contributed by atoms with Crippen LogP contribution in [0, 0.1) is 35.5 Å². The van der Waals surface area contributed by atoms with Crippen LogP contribution in [0.1, 0.15) is 63.7 Å². The molecule has 2 aliphatic carbocycles. The van der Waals surface area contributed by atoms with Crippen molar-refractivity contribution >= 4 is 0 Å². The van der Waals surface area contributed by atoms with E-state index in [4.69, 9.17) is 9.47 Å². The molecular formula is C22H30O3. The molecule has 1 aromatic rings. The Labute approximate surface area is 150 Å². The van der Waals surface area contributed by atoms with Crippen molar-refractivity contribution in [3.8, 4) is 11.5 Å². The second-order valence-corrected chi connectivity index (χ2v) is 9.88. The van der Waals surface area contributed by atoms with Gasteiger partial charge in [0.15, 0.2) is 0 Å². The van der Waals surface area contributed by atoms with E-state index in [2.05, 4.69) is 26.8 Å². The van der Waals surface area contributed by atoms with Crippen molar-refractivity contribution in [1.82, 2.24) is 0 Å². The molecule has 6 atom stereocenters. The second-order valence-electron chi connectivity index (χ2n) is 9.88. The summed E-state index contributed by atoms with van der Waals surface area (Å²) in [6.07, 6.45) is 5.29. The molecule has 2 heterocycles. The number of aryl methyl sites for hydroxylation is 1. The van der Waals surface area contributed by atoms with Crippen LogP contribution in [-0.2, 0) is 4.74 Å². The van der Waals surface area contributed by atoms with Gasteiger partial charge in [-0.1, -0.05) is 27.2 Å². The van der Waals surface area contributed by atoms with Gasteiger partial charge in [0, 0.05) is 11.3 Å². The number of hydrogen-bond donors (Lipinski definition) is 1. The second kappa shape index (κ2) is 4.94. The Bertz CT molecular complexity index is 724. The predicted octanol–water partition coefficient (Wildman–Crippen LogP) is 5.00. The first-order chi connectivity index (χ1) is 11.8. The third-order valence-electron chi connectivity index (χ3n) is 7.96. The van der Waals surface area contributed by atoms with Crippen LogP contribution in [0.15, 0.2) is 12.1 Å². The molecule has 3 heteroatoms. The van der Waals surface area contributed by atoms with Gasteiger partial charge in [-0.15, -0.1) is 0 Å². The smallest absolute Gasteiger partial charge is 0.129 e. The number of rotatable bonds is 0. The Morgan fingerprint density at radius 1 is 1.20 bits per heavy atom. The molecule has 136 valence electrons. The van der Waals surface area contributed by atoms with Crippen molar-refractivity contribution in [1.29, 1.82) is 0 Å². The zero-order valence-corrected chi connectivity index (χ0v) is 15.8. The first kappa shape index (κ1) is 16.0. The molecule has 2 aliphatic heterocycles. The van der Waals surface area contributed by atoms with Gasteiger partial charge in [0.2, 0.25) is 0 Å². The average molecular weight is 342 g/mol. The summed E-state index contributed by atoms with van der Waals surface area (Å²) < 4.78 is 13.0. The molecule has 2 saturated carbocycles. The van der Waals surface area contributed by atoms with E-state index in [1.165, 1.54) is 25.7 Å². The third-order valence-corrected chi connectivity index (χ3v) is 7.96. The number of ether oxygens (including phenoxy) is 2. The Balaban J connectivity index is 1.67. The molecule has 0 aromatic heterocycles. The van der Waals surface area contributed by atoms with Crippen molar-refractivity contribution in [2.45, 2.75) is 65.6 Å². The van der Waals surface area contributed by atoms with E-state index in [9.17, 15) is 5.11 Å². The molecule has 1 aromatic carbocycles. The molecule has 1 spiro atoms. The van der Waals surface area contributed by atoms with Gasteiger partial charge in [0.25, 0.3) is 0 Å². The molecule has 0 amide bonds. The summed E-state index contributed by atoms with van der Waals surface area (Å²) in [5, 5.41) is 10.6. The monoisotopic (exact) mass is 342 g/mol. The Morgan fingerprint density at radius 3 is 2.80 bits per heavy atom. The topological polar surface area (TPSA) is 38.7 Å². The highest BCUT2D eigenvalue weighted by Crippen LogP contribution is 2.69. The van der Waals surface area contributed by atoms with Crippen molar-refractivity contribution in [2.75, 3.05) is 6.61 Å². The summed E-state index contributed by atoms with van der Waals surface area (Å²) in [4.78, 5) is 0. The number of phenols is 1. The van der Waals surface area contributed by atoms with E-state index in [1.807, 2.05) is 13.0 Å². The molecule has 25 heavy (non-hydrogen) atoms. The van der Waals surface area contributed by atoms with Gasteiger partial charge in [-0.2, -0.15) is 0 Å². The SMILES string of the molecule is Cc1cc(O)c2c(c1)O[C@H]1[C@@H]3[C@H]2OC[C@]32CCCC(C)(C)[C@H]2C[C@H]1C. The van der Waals surface area contributed by atoms with Crippen molar-refractivity contribution in [2.24, 2.45) is 28.6 Å². The highest BCUT2D eigenvalue weighted by atomic mass is 16.5. The molecule has 3 nitrogen and oxygen atoms in total. The molecule has 4 aliphatic rings. The van der Waals surface area contributed by atoms with Crippen LogP contribution in [0.25, 0.3) is 0 Å². The Hall–Kier alpha value is -1.22. The van der Waals surface area contributed by atoms with Crippen molar-refractivity contribution < 1.29 is 14.6 Å². The Morgan fingerprint density at radius 2 is 2.00 bits per heavy atom. The summed E-state index contributed by atoms with van der Waals surface area (Å²) in [6.45, 7) is 10.1. The summed E-state index contributed by atoms with van der Waals surface area (Å²) in [5.74, 6) is 2.79. The van der Waals surface area contributed by atoms with E-state index in [0.717, 1.165) is 23.5 Å². The number of aromatic hydroxyl groups is 1. The minimum atomic E-state index is -0.00602. The number of hydrogen-bond acceptors (Lipinski definition) is 3. The fraction of sp³-hybridized carbons (Fsp3) is 0.727. The van der Waals surface area contributed by atoms with Crippen LogP contribution in [0.2, 0.25) is 0 Å². The number of fused-ring (bicyclic) bond motifs is 2. The van der Waals surface area contributed by atoms with E-state index in [1.54, 1.807) is 0 Å². The van der Waals surface area contributed by atoms with Crippen LogP contribution in [0.3, 0.4) is 0 Å². The van der Waals surface area contributed by atoms with Gasteiger partial charge in [-0.3, -0.25) is 0 Å². The van der Waals surface area contributed by atoms with Crippen LogP contribution in [-0.4, -0.2) is 17.8 Å². The molecule has 1 N–H and O–H groups in total. The van der Waals surface area contributed by atoms with E-state index >= 15 is 0 Å². The molecule has 5 rings (SSSR count). The minimum Gasteiger partial charge on any atom is -0.507 e. The van der Waals surface area contributed by atoms with Crippen LogP contribution < -0.4 is 4.74 Å². The molecule has 0 unspecified atom stereocenters. The van der Waals surface area contributed by atoms with Crippen LogP contribution in [0.4, 0.5) is 0 Å². The molecule has 1 saturated heterocycles. The standard InChI is InChI=1S/C22H30O3/c1-12-8-14(23)17-15(9-12)25-19-13(2)10-16-21(3,4)6-5-7-22(16)11-24-20(17)18(19)22/h8-9,13,16,18-20,23H,5-7,10-11H2,1-4H3/t13-,16-,18-,19-,20+,22+/m1/s1. The number of benzene rings is 1. The maximum absolute atomic E-state index is 10.6. The highest BCUT2D eigenvalue weighted by Gasteiger charge is 2.66. The van der Waals surface area contributed by atoms with Gasteiger partial charge >= 0.3 is 0 Å².